The minimum atomic E-state index is -0.663. The predicted molar refractivity (Wildman–Crippen MR) is 168 cm³/mol. The molecule has 0 aromatic heterocycles. The van der Waals surface area contributed by atoms with E-state index in [-0.39, 0.29) is 20.1 Å². The van der Waals surface area contributed by atoms with Gasteiger partial charge >= 0.3 is 0 Å². The van der Waals surface area contributed by atoms with Gasteiger partial charge in [0.25, 0.3) is 0 Å². The maximum absolute atomic E-state index is 6.46. The number of hydrogen-bond donors (Lipinski definition) is 0. The van der Waals surface area contributed by atoms with E-state index in [0.29, 0.717) is 27.5 Å². The van der Waals surface area contributed by atoms with E-state index in [0.717, 1.165) is 11.5 Å². The third-order valence-corrected chi connectivity index (χ3v) is 14.5. The third-order valence-electron chi connectivity index (χ3n) is 7.31. The summed E-state index contributed by atoms with van der Waals surface area (Å²) in [6.45, 7) is 26.0. The van der Waals surface area contributed by atoms with Gasteiger partial charge in [-0.1, -0.05) is 99.2 Å². The molecule has 0 aliphatic heterocycles. The van der Waals surface area contributed by atoms with Crippen molar-refractivity contribution in [1.29, 1.82) is 0 Å². The number of para-hydroxylation sites is 2. The number of hydrogen-bond acceptors (Lipinski definition) is 2. The zero-order valence-electron chi connectivity index (χ0n) is 25.3. The molecular formula is C33H52O2P2. The van der Waals surface area contributed by atoms with Gasteiger partial charge in [-0.3, -0.25) is 0 Å². The Morgan fingerprint density at radius 1 is 0.676 bits per heavy atom. The van der Waals surface area contributed by atoms with Crippen LogP contribution >= 0.6 is 15.8 Å². The molecule has 206 valence electrons. The second-order valence-corrected chi connectivity index (χ2v) is 19.9. The van der Waals surface area contributed by atoms with Crippen LogP contribution in [0.15, 0.2) is 48.5 Å². The highest BCUT2D eigenvalue weighted by molar-refractivity contribution is 7.74. The van der Waals surface area contributed by atoms with Gasteiger partial charge < -0.3 is 9.47 Å². The lowest BCUT2D eigenvalue weighted by Gasteiger charge is -2.49. The van der Waals surface area contributed by atoms with Crippen LogP contribution in [0.5, 0.6) is 11.5 Å². The van der Waals surface area contributed by atoms with Gasteiger partial charge in [0, 0.05) is 10.6 Å². The van der Waals surface area contributed by atoms with E-state index in [4.69, 9.17) is 9.47 Å². The Morgan fingerprint density at radius 3 is 1.51 bits per heavy atom. The molecule has 1 fully saturated rings. The summed E-state index contributed by atoms with van der Waals surface area (Å²) < 4.78 is 12.9. The van der Waals surface area contributed by atoms with Crippen molar-refractivity contribution >= 4 is 26.5 Å². The maximum Gasteiger partial charge on any atom is 0.127 e. The van der Waals surface area contributed by atoms with E-state index in [2.05, 4.69) is 125 Å². The molecule has 2 aromatic rings. The average molecular weight is 543 g/mol. The first-order valence-corrected chi connectivity index (χ1v) is 17.1. The topological polar surface area (TPSA) is 18.5 Å². The van der Waals surface area contributed by atoms with Crippen molar-refractivity contribution in [3.8, 4) is 11.5 Å². The molecule has 0 bridgehead atoms. The molecular weight excluding hydrogens is 490 g/mol. The largest absolute Gasteiger partial charge is 0.490 e. The first-order valence-electron chi connectivity index (χ1n) is 14.3. The molecule has 3 atom stereocenters. The Labute approximate surface area is 230 Å². The molecule has 0 amide bonds. The summed E-state index contributed by atoms with van der Waals surface area (Å²) in [7, 11) is -0.862. The Hall–Kier alpha value is -1.10. The van der Waals surface area contributed by atoms with Crippen molar-refractivity contribution in [2.75, 3.05) is 0 Å². The third kappa shape index (κ3) is 7.51. The van der Waals surface area contributed by atoms with Crippen molar-refractivity contribution in [3.63, 3.8) is 0 Å². The summed E-state index contributed by atoms with van der Waals surface area (Å²) in [5.41, 5.74) is 1.32. The Balaban J connectivity index is 2.18. The van der Waals surface area contributed by atoms with Crippen molar-refractivity contribution in [2.24, 2.45) is 5.92 Å². The van der Waals surface area contributed by atoms with E-state index in [1.165, 1.54) is 29.9 Å². The molecule has 0 spiro atoms. The fourth-order valence-electron chi connectivity index (χ4n) is 6.78. The van der Waals surface area contributed by atoms with E-state index < -0.39 is 7.92 Å². The fourth-order valence-corrected chi connectivity index (χ4v) is 15.5. The highest BCUT2D eigenvalue weighted by Crippen LogP contribution is 2.67. The second kappa shape index (κ2) is 12.4. The average Bonchev–Trinajstić information content (AvgIpc) is 3.23. The lowest BCUT2D eigenvalue weighted by atomic mass is 10.0. The van der Waals surface area contributed by atoms with Crippen LogP contribution in [-0.4, -0.2) is 33.8 Å². The van der Waals surface area contributed by atoms with Gasteiger partial charge in [0.15, 0.2) is 0 Å². The van der Waals surface area contributed by atoms with E-state index in [1.54, 1.807) is 0 Å². The quantitative estimate of drug-likeness (QED) is 0.294. The van der Waals surface area contributed by atoms with Gasteiger partial charge in [0.05, 0.1) is 12.2 Å². The molecule has 2 nitrogen and oxygen atoms in total. The number of rotatable bonds is 9. The van der Waals surface area contributed by atoms with Crippen LogP contribution in [0.1, 0.15) is 95.4 Å². The van der Waals surface area contributed by atoms with E-state index >= 15 is 0 Å². The van der Waals surface area contributed by atoms with Crippen LogP contribution in [0.3, 0.4) is 0 Å². The molecule has 0 saturated heterocycles. The molecule has 2 aromatic carbocycles. The van der Waals surface area contributed by atoms with Crippen molar-refractivity contribution in [2.45, 2.75) is 129 Å². The van der Waals surface area contributed by atoms with Gasteiger partial charge in [0.1, 0.15) is 11.5 Å². The van der Waals surface area contributed by atoms with Crippen molar-refractivity contribution < 1.29 is 9.47 Å². The van der Waals surface area contributed by atoms with Gasteiger partial charge in [0.2, 0.25) is 0 Å². The molecule has 1 aliphatic carbocycles. The van der Waals surface area contributed by atoms with Gasteiger partial charge in [-0.15, -0.1) is 0 Å². The number of ether oxygens (including phenoxy) is 2. The highest BCUT2D eigenvalue weighted by atomic mass is 31.1. The first kappa shape index (κ1) is 30.4. The molecule has 3 unspecified atom stereocenters. The van der Waals surface area contributed by atoms with Crippen LogP contribution in [0, 0.1) is 5.92 Å². The summed E-state index contributed by atoms with van der Waals surface area (Å²) >= 11 is 0. The predicted octanol–water partition coefficient (Wildman–Crippen LogP) is 9.33. The van der Waals surface area contributed by atoms with Crippen LogP contribution in [0.25, 0.3) is 0 Å². The summed E-state index contributed by atoms with van der Waals surface area (Å²) in [5, 5.41) is 3.40. The summed E-state index contributed by atoms with van der Waals surface area (Å²) in [6.07, 6.45) is 4.22. The summed E-state index contributed by atoms with van der Waals surface area (Å²) in [5.74, 6) is 2.81. The normalized spacial score (nSPS) is 19.8. The zero-order valence-corrected chi connectivity index (χ0v) is 27.1. The lowest BCUT2D eigenvalue weighted by molar-refractivity contribution is 0.244. The fraction of sp³-hybridized carbons (Fsp3) is 0.636. The standard InChI is InChI=1S/C33H52O2P2/c1-23(2)34-27-18-12-14-20-30(27)36(31-21-15-13-19-28(31)35-24(3)4)29-22-16-17-26(29)25(5)37(32(6,7)8)33(9,10)11/h12-15,18-21,23-26,29H,16-17,22H2,1-11H3. The molecule has 1 saturated carbocycles. The Bertz CT molecular complexity index is 934. The SMILES string of the molecule is CC(C)Oc1ccccc1P(c1ccccc1OC(C)C)C1CCCC1C(C)P(C(C)(C)C)C(C)(C)C. The van der Waals surface area contributed by atoms with Crippen molar-refractivity contribution in [3.05, 3.63) is 48.5 Å². The monoisotopic (exact) mass is 542 g/mol. The maximum atomic E-state index is 6.46. The van der Waals surface area contributed by atoms with Gasteiger partial charge in [-0.25, -0.2) is 0 Å². The summed E-state index contributed by atoms with van der Waals surface area (Å²) in [4.78, 5) is 0. The minimum Gasteiger partial charge on any atom is -0.490 e. The van der Waals surface area contributed by atoms with Crippen LogP contribution < -0.4 is 20.1 Å². The minimum absolute atomic E-state index is 0.146. The lowest BCUT2D eigenvalue weighted by Crippen LogP contribution is -2.37. The molecule has 0 N–H and O–H groups in total. The first-order chi connectivity index (χ1) is 17.2. The van der Waals surface area contributed by atoms with Crippen LogP contribution in [0.4, 0.5) is 0 Å². The van der Waals surface area contributed by atoms with E-state index in [1.807, 2.05) is 0 Å². The smallest absolute Gasteiger partial charge is 0.127 e. The molecule has 0 radical (unpaired) electrons. The Morgan fingerprint density at radius 2 is 1.11 bits per heavy atom. The molecule has 3 rings (SSSR count). The second-order valence-electron chi connectivity index (χ2n) is 13.3. The van der Waals surface area contributed by atoms with Crippen LogP contribution in [0.2, 0.25) is 0 Å². The zero-order chi connectivity index (χ0) is 27.5. The molecule has 1 aliphatic rings. The molecule has 37 heavy (non-hydrogen) atoms. The van der Waals surface area contributed by atoms with Gasteiger partial charge in [-0.05, 0) is 88.1 Å². The molecule has 0 heterocycles. The highest BCUT2D eigenvalue weighted by Gasteiger charge is 2.47. The summed E-state index contributed by atoms with van der Waals surface area (Å²) in [6, 6.07) is 17.7. The van der Waals surface area contributed by atoms with Gasteiger partial charge in [-0.2, -0.15) is 0 Å². The van der Waals surface area contributed by atoms with E-state index in [9.17, 15) is 0 Å². The number of benzene rings is 2. The Kier molecular flexibility index (Phi) is 10.2. The van der Waals surface area contributed by atoms with Crippen LogP contribution in [-0.2, 0) is 0 Å². The molecule has 4 heteroatoms. The van der Waals surface area contributed by atoms with Crippen molar-refractivity contribution in [1.82, 2.24) is 0 Å².